The van der Waals surface area contributed by atoms with Crippen LogP contribution in [0.2, 0.25) is 0 Å². The number of phenolic OH excluding ortho intramolecular Hbond substituents is 1. The zero-order chi connectivity index (χ0) is 13.9. The first-order chi connectivity index (χ1) is 9.75. The summed E-state index contributed by atoms with van der Waals surface area (Å²) in [4.78, 5) is 2.58. The number of piperazine rings is 1. The van der Waals surface area contributed by atoms with Crippen LogP contribution in [0, 0.1) is 12.8 Å². The maximum atomic E-state index is 10.4. The van der Waals surface area contributed by atoms with Crippen molar-refractivity contribution in [2.75, 3.05) is 26.2 Å². The van der Waals surface area contributed by atoms with E-state index in [0.717, 1.165) is 37.3 Å². The summed E-state index contributed by atoms with van der Waals surface area (Å²) in [6.45, 7) is 6.35. The van der Waals surface area contributed by atoms with Crippen LogP contribution in [0.5, 0.6) is 5.75 Å². The molecule has 0 radical (unpaired) electrons. The van der Waals surface area contributed by atoms with E-state index in [1.54, 1.807) is 0 Å². The van der Waals surface area contributed by atoms with Crippen molar-refractivity contribution in [1.82, 2.24) is 10.2 Å². The lowest BCUT2D eigenvalue weighted by molar-refractivity contribution is 0.123. The lowest BCUT2D eigenvalue weighted by Gasteiger charge is -2.39. The molecule has 1 heterocycles. The number of aryl methyl sites for hydroxylation is 1. The summed E-state index contributed by atoms with van der Waals surface area (Å²) in [7, 11) is 0. The van der Waals surface area contributed by atoms with Gasteiger partial charge in [-0.1, -0.05) is 25.0 Å². The van der Waals surface area contributed by atoms with Crippen molar-refractivity contribution in [1.29, 1.82) is 0 Å². The van der Waals surface area contributed by atoms with E-state index in [0.29, 0.717) is 17.7 Å². The zero-order valence-electron chi connectivity index (χ0n) is 12.4. The molecule has 110 valence electrons. The third-order valence-corrected chi connectivity index (χ3v) is 4.90. The first-order valence-corrected chi connectivity index (χ1v) is 8.00. The van der Waals surface area contributed by atoms with Gasteiger partial charge in [0.25, 0.3) is 0 Å². The zero-order valence-corrected chi connectivity index (χ0v) is 12.4. The van der Waals surface area contributed by atoms with Gasteiger partial charge in [0.15, 0.2) is 0 Å². The van der Waals surface area contributed by atoms with E-state index >= 15 is 0 Å². The Morgan fingerprint density at radius 2 is 1.90 bits per heavy atom. The Bertz CT molecular complexity index is 448. The molecule has 1 saturated heterocycles. The molecule has 20 heavy (non-hydrogen) atoms. The molecule has 0 spiro atoms. The Hall–Kier alpha value is -1.06. The fraction of sp³-hybridized carbons (Fsp3) is 0.647. The number of rotatable bonds is 3. The molecule has 0 unspecified atom stereocenters. The highest BCUT2D eigenvalue weighted by molar-refractivity contribution is 5.38. The Kier molecular flexibility index (Phi) is 4.27. The molecule has 3 nitrogen and oxygen atoms in total. The van der Waals surface area contributed by atoms with E-state index in [1.165, 1.54) is 25.7 Å². The number of hydrogen-bond acceptors (Lipinski definition) is 3. The molecule has 2 aliphatic rings. The number of nitrogens with zero attached hydrogens (tertiary/aromatic N) is 1. The third-order valence-electron chi connectivity index (χ3n) is 4.90. The van der Waals surface area contributed by atoms with Crippen LogP contribution in [0.15, 0.2) is 18.2 Å². The molecule has 2 fully saturated rings. The standard InChI is InChI=1S/C17H26N2O/c1-13-6-7-15(16(20)12-13)17(14-4-2-3-5-14)19-10-8-18-9-11-19/h6-7,12,14,17-18,20H,2-5,8-11H2,1H3/t17-/m0/s1. The smallest absolute Gasteiger partial charge is 0.120 e. The molecule has 1 aliphatic heterocycles. The minimum absolute atomic E-state index is 0.403. The van der Waals surface area contributed by atoms with E-state index < -0.39 is 0 Å². The Labute approximate surface area is 122 Å². The molecular weight excluding hydrogens is 248 g/mol. The molecule has 0 aromatic heterocycles. The largest absolute Gasteiger partial charge is 0.508 e. The molecule has 3 rings (SSSR count). The Morgan fingerprint density at radius 1 is 1.20 bits per heavy atom. The molecule has 1 aliphatic carbocycles. The fourth-order valence-corrected chi connectivity index (χ4v) is 3.89. The second-order valence-electron chi connectivity index (χ2n) is 6.34. The predicted octanol–water partition coefficient (Wildman–Crippen LogP) is 2.84. The molecule has 1 saturated carbocycles. The number of nitrogens with one attached hydrogen (secondary N) is 1. The predicted molar refractivity (Wildman–Crippen MR) is 82.0 cm³/mol. The van der Waals surface area contributed by atoms with Crippen molar-refractivity contribution in [3.05, 3.63) is 29.3 Å². The quantitative estimate of drug-likeness (QED) is 0.889. The van der Waals surface area contributed by atoms with Crippen LogP contribution in [-0.2, 0) is 0 Å². The molecule has 1 aromatic carbocycles. The van der Waals surface area contributed by atoms with Gasteiger partial charge in [-0.25, -0.2) is 0 Å². The van der Waals surface area contributed by atoms with Gasteiger partial charge in [0.1, 0.15) is 5.75 Å². The molecule has 1 aromatic rings. The maximum absolute atomic E-state index is 10.4. The lowest BCUT2D eigenvalue weighted by atomic mass is 9.88. The first kappa shape index (κ1) is 13.9. The van der Waals surface area contributed by atoms with Crippen molar-refractivity contribution in [2.24, 2.45) is 5.92 Å². The lowest BCUT2D eigenvalue weighted by Crippen LogP contribution is -2.46. The molecule has 0 amide bonds. The van der Waals surface area contributed by atoms with Crippen molar-refractivity contribution >= 4 is 0 Å². The van der Waals surface area contributed by atoms with Gasteiger partial charge in [-0.3, -0.25) is 4.90 Å². The van der Waals surface area contributed by atoms with Crippen molar-refractivity contribution in [2.45, 2.75) is 38.6 Å². The first-order valence-electron chi connectivity index (χ1n) is 8.00. The van der Waals surface area contributed by atoms with Gasteiger partial charge in [-0.05, 0) is 37.3 Å². The van der Waals surface area contributed by atoms with Gasteiger partial charge in [-0.2, -0.15) is 0 Å². The number of phenols is 1. The number of aromatic hydroxyl groups is 1. The monoisotopic (exact) mass is 274 g/mol. The van der Waals surface area contributed by atoms with Crippen molar-refractivity contribution in [3.63, 3.8) is 0 Å². The van der Waals surface area contributed by atoms with E-state index in [4.69, 9.17) is 0 Å². The van der Waals surface area contributed by atoms with E-state index in [1.807, 2.05) is 13.0 Å². The van der Waals surface area contributed by atoms with Crippen molar-refractivity contribution < 1.29 is 5.11 Å². The summed E-state index contributed by atoms with van der Waals surface area (Å²) in [6, 6.07) is 6.61. The van der Waals surface area contributed by atoms with Crippen molar-refractivity contribution in [3.8, 4) is 5.75 Å². The fourth-order valence-electron chi connectivity index (χ4n) is 3.89. The SMILES string of the molecule is Cc1ccc([C@H](C2CCCC2)N2CCNCC2)c(O)c1. The Balaban J connectivity index is 1.90. The van der Waals surface area contributed by atoms with Crippen LogP contribution >= 0.6 is 0 Å². The summed E-state index contributed by atoms with van der Waals surface area (Å²) < 4.78 is 0. The molecule has 0 bridgehead atoms. The average molecular weight is 274 g/mol. The van der Waals surface area contributed by atoms with Gasteiger partial charge < -0.3 is 10.4 Å². The maximum Gasteiger partial charge on any atom is 0.120 e. The van der Waals surface area contributed by atoms with Gasteiger partial charge in [0, 0.05) is 37.8 Å². The van der Waals surface area contributed by atoms with Gasteiger partial charge in [-0.15, -0.1) is 0 Å². The van der Waals surface area contributed by atoms with Crippen LogP contribution in [0.25, 0.3) is 0 Å². The van der Waals surface area contributed by atoms with Gasteiger partial charge >= 0.3 is 0 Å². The Morgan fingerprint density at radius 3 is 2.55 bits per heavy atom. The second-order valence-corrected chi connectivity index (χ2v) is 6.34. The van der Waals surface area contributed by atoms with Crippen LogP contribution in [0.3, 0.4) is 0 Å². The highest BCUT2D eigenvalue weighted by Crippen LogP contribution is 2.42. The number of benzene rings is 1. The second kappa shape index (κ2) is 6.15. The third kappa shape index (κ3) is 2.84. The molecule has 1 atom stereocenters. The topological polar surface area (TPSA) is 35.5 Å². The molecular formula is C17H26N2O. The summed E-state index contributed by atoms with van der Waals surface area (Å²) in [5.41, 5.74) is 2.28. The summed E-state index contributed by atoms with van der Waals surface area (Å²) >= 11 is 0. The van der Waals surface area contributed by atoms with Crippen LogP contribution in [0.1, 0.15) is 42.9 Å². The molecule has 3 heteroatoms. The number of hydrogen-bond donors (Lipinski definition) is 2. The summed E-state index contributed by atoms with van der Waals surface area (Å²) in [6.07, 6.45) is 5.31. The highest BCUT2D eigenvalue weighted by atomic mass is 16.3. The van der Waals surface area contributed by atoms with Gasteiger partial charge in [0.2, 0.25) is 0 Å². The van der Waals surface area contributed by atoms with E-state index in [2.05, 4.69) is 22.3 Å². The summed E-state index contributed by atoms with van der Waals surface area (Å²) in [5.74, 6) is 1.20. The van der Waals surface area contributed by atoms with Crippen LogP contribution < -0.4 is 5.32 Å². The van der Waals surface area contributed by atoms with E-state index in [9.17, 15) is 5.11 Å². The average Bonchev–Trinajstić information content (AvgIpc) is 2.97. The van der Waals surface area contributed by atoms with Crippen LogP contribution in [-0.4, -0.2) is 36.2 Å². The summed E-state index contributed by atoms with van der Waals surface area (Å²) in [5, 5.41) is 13.8. The minimum atomic E-state index is 0.403. The minimum Gasteiger partial charge on any atom is -0.508 e. The molecule has 2 N–H and O–H groups in total. The van der Waals surface area contributed by atoms with Crippen LogP contribution in [0.4, 0.5) is 0 Å². The van der Waals surface area contributed by atoms with Gasteiger partial charge in [0.05, 0.1) is 0 Å². The van der Waals surface area contributed by atoms with E-state index in [-0.39, 0.29) is 0 Å². The highest BCUT2D eigenvalue weighted by Gasteiger charge is 2.33. The normalized spacial score (nSPS) is 23.1.